The van der Waals surface area contributed by atoms with Crippen molar-refractivity contribution in [1.82, 2.24) is 10.2 Å². The fourth-order valence-electron chi connectivity index (χ4n) is 2.73. The Kier molecular flexibility index (Phi) is 6.97. The van der Waals surface area contributed by atoms with E-state index in [0.29, 0.717) is 24.5 Å². The largest absolute Gasteiger partial charge is 0.378 e. The number of carbonyl (C=O) groups is 1. The SMILES string of the molecule is CNC1CCN(C(=O)CCC2CCCO2)CC1.Cl. The minimum Gasteiger partial charge on any atom is -0.378 e. The van der Waals surface area contributed by atoms with Crippen molar-refractivity contribution in [3.05, 3.63) is 0 Å². The highest BCUT2D eigenvalue weighted by molar-refractivity contribution is 5.85. The van der Waals surface area contributed by atoms with Gasteiger partial charge in [0.15, 0.2) is 0 Å². The molecule has 0 radical (unpaired) electrons. The second kappa shape index (κ2) is 7.97. The second-order valence-corrected chi connectivity index (χ2v) is 5.12. The zero-order valence-electron chi connectivity index (χ0n) is 11.2. The van der Waals surface area contributed by atoms with Gasteiger partial charge in [-0.05, 0) is 39.2 Å². The van der Waals surface area contributed by atoms with Crippen LogP contribution in [0.4, 0.5) is 0 Å². The summed E-state index contributed by atoms with van der Waals surface area (Å²) in [6.45, 7) is 2.71. The van der Waals surface area contributed by atoms with E-state index in [2.05, 4.69) is 5.32 Å². The summed E-state index contributed by atoms with van der Waals surface area (Å²) in [5, 5.41) is 3.28. The molecule has 1 amide bonds. The van der Waals surface area contributed by atoms with E-state index in [1.165, 1.54) is 0 Å². The average molecular weight is 277 g/mol. The summed E-state index contributed by atoms with van der Waals surface area (Å²) >= 11 is 0. The number of ether oxygens (including phenoxy) is 1. The Morgan fingerprint density at radius 1 is 1.33 bits per heavy atom. The molecule has 2 aliphatic rings. The Morgan fingerprint density at radius 3 is 2.61 bits per heavy atom. The van der Waals surface area contributed by atoms with Gasteiger partial charge in [-0.2, -0.15) is 0 Å². The summed E-state index contributed by atoms with van der Waals surface area (Å²) in [4.78, 5) is 14.0. The molecule has 4 nitrogen and oxygen atoms in total. The highest BCUT2D eigenvalue weighted by Gasteiger charge is 2.23. The molecular formula is C13H25ClN2O2. The van der Waals surface area contributed by atoms with Gasteiger partial charge in [-0.15, -0.1) is 12.4 Å². The Balaban J connectivity index is 0.00000162. The van der Waals surface area contributed by atoms with E-state index in [4.69, 9.17) is 4.74 Å². The standard InChI is InChI=1S/C13H24N2O2.ClH/c1-14-11-6-8-15(9-7-11)13(16)5-4-12-3-2-10-17-12;/h11-12,14H,2-10H2,1H3;1H. The maximum Gasteiger partial charge on any atom is 0.222 e. The number of nitrogens with zero attached hydrogens (tertiary/aromatic N) is 1. The van der Waals surface area contributed by atoms with E-state index < -0.39 is 0 Å². The van der Waals surface area contributed by atoms with Crippen molar-refractivity contribution >= 4 is 18.3 Å². The van der Waals surface area contributed by atoms with Gasteiger partial charge in [0.1, 0.15) is 0 Å². The van der Waals surface area contributed by atoms with Crippen molar-refractivity contribution in [1.29, 1.82) is 0 Å². The van der Waals surface area contributed by atoms with Crippen LogP contribution in [0.5, 0.6) is 0 Å². The van der Waals surface area contributed by atoms with Crippen molar-refractivity contribution in [2.75, 3.05) is 26.7 Å². The molecule has 2 heterocycles. The molecule has 2 saturated heterocycles. The fourth-order valence-corrected chi connectivity index (χ4v) is 2.73. The fraction of sp³-hybridized carbons (Fsp3) is 0.923. The quantitative estimate of drug-likeness (QED) is 0.848. The van der Waals surface area contributed by atoms with E-state index in [0.717, 1.165) is 51.8 Å². The highest BCUT2D eigenvalue weighted by Crippen LogP contribution is 2.18. The molecule has 2 fully saturated rings. The molecule has 2 aliphatic heterocycles. The minimum absolute atomic E-state index is 0. The van der Waals surface area contributed by atoms with Crippen LogP contribution in [0.2, 0.25) is 0 Å². The first-order valence-corrected chi connectivity index (χ1v) is 6.86. The van der Waals surface area contributed by atoms with Crippen LogP contribution in [0.25, 0.3) is 0 Å². The molecule has 106 valence electrons. The number of piperidine rings is 1. The Hall–Kier alpha value is -0.320. The van der Waals surface area contributed by atoms with Crippen LogP contribution < -0.4 is 5.32 Å². The molecule has 0 spiro atoms. The molecule has 0 aromatic rings. The maximum absolute atomic E-state index is 12.0. The van der Waals surface area contributed by atoms with E-state index in [1.54, 1.807) is 0 Å². The van der Waals surface area contributed by atoms with Crippen LogP contribution in [0.15, 0.2) is 0 Å². The van der Waals surface area contributed by atoms with Gasteiger partial charge >= 0.3 is 0 Å². The lowest BCUT2D eigenvalue weighted by molar-refractivity contribution is -0.132. The van der Waals surface area contributed by atoms with E-state index >= 15 is 0 Å². The van der Waals surface area contributed by atoms with Gasteiger partial charge in [0.25, 0.3) is 0 Å². The van der Waals surface area contributed by atoms with E-state index in [-0.39, 0.29) is 12.4 Å². The third kappa shape index (κ3) is 4.41. The minimum atomic E-state index is 0. The highest BCUT2D eigenvalue weighted by atomic mass is 35.5. The first-order chi connectivity index (χ1) is 8.29. The molecule has 0 bridgehead atoms. The monoisotopic (exact) mass is 276 g/mol. The number of halogens is 1. The maximum atomic E-state index is 12.0. The van der Waals surface area contributed by atoms with Crippen molar-refractivity contribution in [3.8, 4) is 0 Å². The summed E-state index contributed by atoms with van der Waals surface area (Å²) in [7, 11) is 2.00. The summed E-state index contributed by atoms with van der Waals surface area (Å²) in [5.74, 6) is 0.315. The second-order valence-electron chi connectivity index (χ2n) is 5.12. The zero-order chi connectivity index (χ0) is 12.1. The average Bonchev–Trinajstić information content (AvgIpc) is 2.89. The Labute approximate surface area is 116 Å². The lowest BCUT2D eigenvalue weighted by Gasteiger charge is -2.32. The first kappa shape index (κ1) is 15.7. The predicted octanol–water partition coefficient (Wildman–Crippen LogP) is 1.58. The van der Waals surface area contributed by atoms with Gasteiger partial charge in [-0.25, -0.2) is 0 Å². The lowest BCUT2D eigenvalue weighted by atomic mass is 10.0. The predicted molar refractivity (Wildman–Crippen MR) is 74.1 cm³/mol. The van der Waals surface area contributed by atoms with Gasteiger partial charge < -0.3 is 15.0 Å². The van der Waals surface area contributed by atoms with Crippen LogP contribution >= 0.6 is 12.4 Å². The van der Waals surface area contributed by atoms with E-state index in [1.807, 2.05) is 11.9 Å². The lowest BCUT2D eigenvalue weighted by Crippen LogP contribution is -2.44. The topological polar surface area (TPSA) is 41.6 Å². The van der Waals surface area contributed by atoms with Gasteiger partial charge in [0.2, 0.25) is 5.91 Å². The molecule has 2 rings (SSSR count). The normalized spacial score (nSPS) is 24.9. The summed E-state index contributed by atoms with van der Waals surface area (Å²) in [6, 6.07) is 0.595. The number of likely N-dealkylation sites (tertiary alicyclic amines) is 1. The molecule has 0 aromatic carbocycles. The third-order valence-corrected chi connectivity index (χ3v) is 3.96. The van der Waals surface area contributed by atoms with Crippen molar-refractivity contribution in [2.24, 2.45) is 0 Å². The number of hydrogen-bond donors (Lipinski definition) is 1. The number of rotatable bonds is 4. The Bertz CT molecular complexity index is 249. The summed E-state index contributed by atoms with van der Waals surface area (Å²) < 4.78 is 5.54. The number of amides is 1. The number of hydrogen-bond acceptors (Lipinski definition) is 3. The molecule has 1 N–H and O–H groups in total. The van der Waals surface area contributed by atoms with Gasteiger partial charge in [-0.3, -0.25) is 4.79 Å². The van der Waals surface area contributed by atoms with Gasteiger partial charge in [0.05, 0.1) is 6.10 Å². The van der Waals surface area contributed by atoms with Crippen molar-refractivity contribution < 1.29 is 9.53 Å². The Morgan fingerprint density at radius 2 is 2.06 bits per heavy atom. The van der Waals surface area contributed by atoms with Crippen LogP contribution in [-0.4, -0.2) is 49.7 Å². The molecule has 0 aromatic heterocycles. The van der Waals surface area contributed by atoms with Crippen LogP contribution in [0.3, 0.4) is 0 Å². The van der Waals surface area contributed by atoms with Crippen molar-refractivity contribution in [2.45, 2.75) is 50.7 Å². The van der Waals surface area contributed by atoms with Crippen molar-refractivity contribution in [3.63, 3.8) is 0 Å². The van der Waals surface area contributed by atoms with E-state index in [9.17, 15) is 4.79 Å². The molecule has 0 saturated carbocycles. The number of nitrogens with one attached hydrogen (secondary N) is 1. The summed E-state index contributed by atoms with van der Waals surface area (Å²) in [5.41, 5.74) is 0. The van der Waals surface area contributed by atoms with Crippen LogP contribution in [-0.2, 0) is 9.53 Å². The number of carbonyl (C=O) groups excluding carboxylic acids is 1. The molecule has 18 heavy (non-hydrogen) atoms. The smallest absolute Gasteiger partial charge is 0.222 e. The third-order valence-electron chi connectivity index (χ3n) is 3.96. The first-order valence-electron chi connectivity index (χ1n) is 6.86. The van der Waals surface area contributed by atoms with Gasteiger partial charge in [-0.1, -0.05) is 0 Å². The summed E-state index contributed by atoms with van der Waals surface area (Å²) in [6.07, 6.45) is 6.37. The molecule has 5 heteroatoms. The van der Waals surface area contributed by atoms with Gasteiger partial charge in [0, 0.05) is 32.2 Å². The van der Waals surface area contributed by atoms with Crippen LogP contribution in [0.1, 0.15) is 38.5 Å². The zero-order valence-corrected chi connectivity index (χ0v) is 12.0. The van der Waals surface area contributed by atoms with Crippen LogP contribution in [0, 0.1) is 0 Å². The molecule has 1 unspecified atom stereocenters. The molecule has 0 aliphatic carbocycles. The molecule has 1 atom stereocenters. The molecular weight excluding hydrogens is 252 g/mol.